The Morgan fingerprint density at radius 1 is 1.03 bits per heavy atom. The number of nitrogens with zero attached hydrogens (tertiary/aromatic N) is 1. The predicted octanol–water partition coefficient (Wildman–Crippen LogP) is 5.87. The Hall–Kier alpha value is -2.04. The quantitative estimate of drug-likeness (QED) is 0.558. The summed E-state index contributed by atoms with van der Waals surface area (Å²) in [5.74, 6) is -0.291. The SMILES string of the molecule is CC[C@H](C(=O)NC(C)(C)C)N(Cc1ccc(Cl)cc1Cl)C(=O)Cc1cc(C)cc(C)c1. The lowest BCUT2D eigenvalue weighted by molar-refractivity contribution is -0.141. The van der Waals surface area contributed by atoms with E-state index in [-0.39, 0.29) is 24.8 Å². The Balaban J connectivity index is 2.39. The summed E-state index contributed by atoms with van der Waals surface area (Å²) in [6.07, 6.45) is 0.707. The fourth-order valence-electron chi connectivity index (χ4n) is 3.65. The van der Waals surface area contributed by atoms with Crippen molar-refractivity contribution in [3.8, 4) is 0 Å². The first kappa shape index (κ1) is 25.2. The van der Waals surface area contributed by atoms with E-state index in [1.54, 1.807) is 23.1 Å². The molecule has 2 amide bonds. The van der Waals surface area contributed by atoms with Gasteiger partial charge in [-0.05, 0) is 64.3 Å². The molecule has 6 heteroatoms. The Morgan fingerprint density at radius 3 is 2.16 bits per heavy atom. The van der Waals surface area contributed by atoms with E-state index in [9.17, 15) is 9.59 Å². The third-order valence-electron chi connectivity index (χ3n) is 4.88. The van der Waals surface area contributed by atoms with E-state index in [1.165, 1.54) is 0 Å². The monoisotopic (exact) mass is 462 g/mol. The van der Waals surface area contributed by atoms with Gasteiger partial charge in [0.1, 0.15) is 6.04 Å². The van der Waals surface area contributed by atoms with Gasteiger partial charge in [-0.2, -0.15) is 0 Å². The molecular formula is C25H32Cl2N2O2. The summed E-state index contributed by atoms with van der Waals surface area (Å²) in [4.78, 5) is 28.2. The molecule has 0 aliphatic heterocycles. The lowest BCUT2D eigenvalue weighted by atomic mass is 10.0. The summed E-state index contributed by atoms with van der Waals surface area (Å²) in [5, 5.41) is 4.01. The average Bonchev–Trinajstić information content (AvgIpc) is 2.60. The minimum atomic E-state index is -0.607. The number of carbonyl (C=O) groups is 2. The number of aryl methyl sites for hydroxylation is 2. The molecule has 4 nitrogen and oxygen atoms in total. The smallest absolute Gasteiger partial charge is 0.243 e. The zero-order chi connectivity index (χ0) is 23.3. The lowest BCUT2D eigenvalue weighted by Gasteiger charge is -2.33. The van der Waals surface area contributed by atoms with E-state index in [0.29, 0.717) is 16.5 Å². The number of rotatable bonds is 7. The highest BCUT2D eigenvalue weighted by atomic mass is 35.5. The van der Waals surface area contributed by atoms with Crippen LogP contribution in [0.5, 0.6) is 0 Å². The summed E-state index contributed by atoms with van der Waals surface area (Å²) < 4.78 is 0. The fourth-order valence-corrected chi connectivity index (χ4v) is 4.12. The molecule has 0 radical (unpaired) electrons. The molecular weight excluding hydrogens is 431 g/mol. The highest BCUT2D eigenvalue weighted by molar-refractivity contribution is 6.35. The molecule has 0 saturated heterocycles. The van der Waals surface area contributed by atoms with Crippen LogP contribution in [-0.2, 0) is 22.6 Å². The van der Waals surface area contributed by atoms with E-state index in [4.69, 9.17) is 23.2 Å². The molecule has 0 spiro atoms. The Labute approximate surface area is 195 Å². The molecule has 2 aromatic rings. The molecule has 0 bridgehead atoms. The van der Waals surface area contributed by atoms with Gasteiger partial charge >= 0.3 is 0 Å². The van der Waals surface area contributed by atoms with E-state index < -0.39 is 11.6 Å². The summed E-state index contributed by atoms with van der Waals surface area (Å²) in [6.45, 7) is 11.9. The molecule has 0 unspecified atom stereocenters. The van der Waals surface area contributed by atoms with Gasteiger partial charge in [-0.15, -0.1) is 0 Å². The van der Waals surface area contributed by atoms with Crippen molar-refractivity contribution in [2.24, 2.45) is 0 Å². The molecule has 31 heavy (non-hydrogen) atoms. The van der Waals surface area contributed by atoms with Gasteiger partial charge in [0.15, 0.2) is 0 Å². The number of nitrogens with one attached hydrogen (secondary N) is 1. The summed E-state index contributed by atoms with van der Waals surface area (Å²) in [5.41, 5.74) is 3.49. The van der Waals surface area contributed by atoms with Gasteiger partial charge in [-0.1, -0.05) is 65.5 Å². The molecule has 0 fully saturated rings. The van der Waals surface area contributed by atoms with Crippen molar-refractivity contribution in [1.29, 1.82) is 0 Å². The Bertz CT molecular complexity index is 931. The molecule has 0 aromatic heterocycles. The van der Waals surface area contributed by atoms with Gasteiger partial charge in [-0.3, -0.25) is 9.59 Å². The van der Waals surface area contributed by atoms with Crippen LogP contribution < -0.4 is 5.32 Å². The van der Waals surface area contributed by atoms with Crippen molar-refractivity contribution in [3.63, 3.8) is 0 Å². The van der Waals surface area contributed by atoms with Gasteiger partial charge in [0.25, 0.3) is 0 Å². The molecule has 168 valence electrons. The molecule has 2 aromatic carbocycles. The lowest BCUT2D eigenvalue weighted by Crippen LogP contribution is -2.53. The van der Waals surface area contributed by atoms with E-state index in [2.05, 4.69) is 11.4 Å². The van der Waals surface area contributed by atoms with Gasteiger partial charge in [0, 0.05) is 22.1 Å². The van der Waals surface area contributed by atoms with Crippen molar-refractivity contribution in [2.75, 3.05) is 0 Å². The zero-order valence-electron chi connectivity index (χ0n) is 19.2. The second-order valence-electron chi connectivity index (χ2n) is 9.09. The van der Waals surface area contributed by atoms with Crippen LogP contribution in [0.2, 0.25) is 10.0 Å². The topological polar surface area (TPSA) is 49.4 Å². The second-order valence-corrected chi connectivity index (χ2v) is 9.94. The van der Waals surface area contributed by atoms with Crippen LogP contribution in [0.4, 0.5) is 0 Å². The van der Waals surface area contributed by atoms with Gasteiger partial charge in [-0.25, -0.2) is 0 Å². The van der Waals surface area contributed by atoms with Crippen molar-refractivity contribution < 1.29 is 9.59 Å². The van der Waals surface area contributed by atoms with Crippen LogP contribution in [0, 0.1) is 13.8 Å². The van der Waals surface area contributed by atoms with Gasteiger partial charge in [0.05, 0.1) is 6.42 Å². The minimum Gasteiger partial charge on any atom is -0.350 e. The maximum atomic E-state index is 13.5. The number of hydrogen-bond acceptors (Lipinski definition) is 2. The standard InChI is InChI=1S/C25H32Cl2N2O2/c1-7-22(24(31)28-25(4,5)6)29(15-19-8-9-20(26)14-21(19)27)23(30)13-18-11-16(2)10-17(3)12-18/h8-12,14,22H,7,13,15H2,1-6H3,(H,28,31)/t22-/m1/s1. The highest BCUT2D eigenvalue weighted by Gasteiger charge is 2.31. The van der Waals surface area contributed by atoms with Crippen LogP contribution in [0.3, 0.4) is 0 Å². The number of carbonyl (C=O) groups excluding carboxylic acids is 2. The predicted molar refractivity (Wildman–Crippen MR) is 129 cm³/mol. The molecule has 0 saturated carbocycles. The normalized spacial score (nSPS) is 12.4. The van der Waals surface area contributed by atoms with Crippen LogP contribution in [0.1, 0.15) is 56.4 Å². The molecule has 0 heterocycles. The summed E-state index contributed by atoms with van der Waals surface area (Å²) >= 11 is 12.4. The molecule has 0 aliphatic rings. The minimum absolute atomic E-state index is 0.119. The fraction of sp³-hybridized carbons (Fsp3) is 0.440. The molecule has 1 N–H and O–H groups in total. The van der Waals surface area contributed by atoms with Crippen molar-refractivity contribution in [1.82, 2.24) is 10.2 Å². The van der Waals surface area contributed by atoms with Crippen molar-refractivity contribution >= 4 is 35.0 Å². The second kappa shape index (κ2) is 10.5. The van der Waals surface area contributed by atoms with Crippen LogP contribution in [-0.4, -0.2) is 28.3 Å². The van der Waals surface area contributed by atoms with Crippen LogP contribution in [0.25, 0.3) is 0 Å². The van der Waals surface area contributed by atoms with Crippen LogP contribution >= 0.6 is 23.2 Å². The van der Waals surface area contributed by atoms with Gasteiger partial charge < -0.3 is 10.2 Å². The first-order valence-electron chi connectivity index (χ1n) is 10.5. The first-order chi connectivity index (χ1) is 14.4. The summed E-state index contributed by atoms with van der Waals surface area (Å²) in [6, 6.07) is 10.7. The number of halogens is 2. The molecule has 1 atom stereocenters. The van der Waals surface area contributed by atoms with Crippen LogP contribution in [0.15, 0.2) is 36.4 Å². The maximum absolute atomic E-state index is 13.5. The van der Waals surface area contributed by atoms with Crippen molar-refractivity contribution in [3.05, 3.63) is 68.7 Å². The average molecular weight is 463 g/mol. The van der Waals surface area contributed by atoms with Gasteiger partial charge in [0.2, 0.25) is 11.8 Å². The maximum Gasteiger partial charge on any atom is 0.243 e. The molecule has 2 rings (SSSR count). The van der Waals surface area contributed by atoms with E-state index in [1.807, 2.05) is 53.7 Å². The summed E-state index contributed by atoms with van der Waals surface area (Å²) in [7, 11) is 0. The first-order valence-corrected chi connectivity index (χ1v) is 11.3. The Kier molecular flexibility index (Phi) is 8.56. The van der Waals surface area contributed by atoms with E-state index >= 15 is 0 Å². The third kappa shape index (κ3) is 7.55. The highest BCUT2D eigenvalue weighted by Crippen LogP contribution is 2.24. The number of amides is 2. The molecule has 0 aliphatic carbocycles. The zero-order valence-corrected chi connectivity index (χ0v) is 20.7. The largest absolute Gasteiger partial charge is 0.350 e. The number of benzene rings is 2. The van der Waals surface area contributed by atoms with E-state index in [0.717, 1.165) is 22.3 Å². The van der Waals surface area contributed by atoms with Crippen molar-refractivity contribution in [2.45, 2.75) is 72.5 Å². The number of hydrogen-bond donors (Lipinski definition) is 1. The third-order valence-corrected chi connectivity index (χ3v) is 5.46. The Morgan fingerprint density at radius 2 is 1.65 bits per heavy atom.